The monoisotopic (exact) mass is 541 g/mol. The number of carbonyl (C=O) groups is 1. The zero-order valence-corrected chi connectivity index (χ0v) is 22.9. The highest BCUT2D eigenvalue weighted by Crippen LogP contribution is 2.05. The van der Waals surface area contributed by atoms with Gasteiger partial charge in [-0.25, -0.2) is 0 Å². The largest absolute Gasteiger partial charge is 0.394 e. The third-order valence-electron chi connectivity index (χ3n) is 6.20. The number of aliphatic hydroxyl groups is 4. The van der Waals surface area contributed by atoms with Gasteiger partial charge in [-0.2, -0.15) is 0 Å². The summed E-state index contributed by atoms with van der Waals surface area (Å²) in [6, 6.07) is 9.13. The summed E-state index contributed by atoms with van der Waals surface area (Å²) in [6.45, 7) is 2.89. The summed E-state index contributed by atoms with van der Waals surface area (Å²) in [6.07, 6.45) is 7.64. The number of hydrogen-bond donors (Lipinski definition) is 7. The third-order valence-corrected chi connectivity index (χ3v) is 6.20. The van der Waals surface area contributed by atoms with Crippen LogP contribution in [0.3, 0.4) is 0 Å². The van der Waals surface area contributed by atoms with Crippen LogP contribution in [-0.4, -0.2) is 110 Å². The fourth-order valence-corrected chi connectivity index (χ4v) is 3.78. The van der Waals surface area contributed by atoms with Crippen molar-refractivity contribution in [3.63, 3.8) is 0 Å². The molecule has 0 bridgehead atoms. The van der Waals surface area contributed by atoms with Crippen LogP contribution in [0.25, 0.3) is 0 Å². The Morgan fingerprint density at radius 2 is 1.13 bits per heavy atom. The van der Waals surface area contributed by atoms with E-state index >= 15 is 0 Å². The molecule has 1 aromatic carbocycles. The number of ether oxygens (including phenoxy) is 2. The van der Waals surface area contributed by atoms with Crippen molar-refractivity contribution in [1.82, 2.24) is 16.0 Å². The first-order valence-corrected chi connectivity index (χ1v) is 14.1. The van der Waals surface area contributed by atoms with Crippen LogP contribution in [0.1, 0.15) is 61.7 Å². The van der Waals surface area contributed by atoms with Crippen LogP contribution in [0.15, 0.2) is 30.3 Å². The molecule has 38 heavy (non-hydrogen) atoms. The Hall–Kier alpha value is -1.63. The molecule has 0 fully saturated rings. The second-order valence-corrected chi connectivity index (χ2v) is 9.49. The maximum atomic E-state index is 12.0. The molecular formula is C28H51N3O7. The molecule has 0 aliphatic rings. The third kappa shape index (κ3) is 17.8. The second-order valence-electron chi connectivity index (χ2n) is 9.49. The molecule has 1 amide bonds. The Morgan fingerprint density at radius 1 is 0.658 bits per heavy atom. The molecule has 1 rings (SSSR count). The van der Waals surface area contributed by atoms with Gasteiger partial charge in [0.2, 0.25) is 0 Å². The molecule has 0 atom stereocenters. The number of unbranched alkanes of at least 4 members (excludes halogenated alkanes) is 6. The lowest BCUT2D eigenvalue weighted by Gasteiger charge is -2.23. The van der Waals surface area contributed by atoms with Crippen LogP contribution in [-0.2, 0) is 9.47 Å². The molecule has 0 heterocycles. The highest BCUT2D eigenvalue weighted by atomic mass is 16.5. The maximum absolute atomic E-state index is 12.0. The minimum atomic E-state index is -0.636. The van der Waals surface area contributed by atoms with Crippen LogP contribution >= 0.6 is 0 Å². The number of benzene rings is 1. The van der Waals surface area contributed by atoms with E-state index in [1.807, 2.05) is 30.3 Å². The van der Waals surface area contributed by atoms with E-state index in [2.05, 4.69) is 16.0 Å². The van der Waals surface area contributed by atoms with Crippen LogP contribution in [0.4, 0.5) is 0 Å². The number of nitrogens with one attached hydrogen (secondary N) is 3. The topological polar surface area (TPSA) is 153 Å². The molecule has 0 aliphatic heterocycles. The summed E-state index contributed by atoms with van der Waals surface area (Å²) in [5.41, 5.74) is 0.710. The van der Waals surface area contributed by atoms with Crippen molar-refractivity contribution in [2.45, 2.75) is 69.6 Å². The zero-order chi connectivity index (χ0) is 27.7. The molecule has 10 nitrogen and oxygen atoms in total. The molecule has 0 saturated carbocycles. The Morgan fingerprint density at radius 3 is 1.68 bits per heavy atom. The van der Waals surface area contributed by atoms with Crippen LogP contribution in [0.5, 0.6) is 0 Å². The van der Waals surface area contributed by atoms with Crippen molar-refractivity contribution < 1.29 is 34.7 Å². The lowest BCUT2D eigenvalue weighted by molar-refractivity contribution is -0.0594. The Bertz CT molecular complexity index is 645. The van der Waals surface area contributed by atoms with Gasteiger partial charge in [-0.3, -0.25) is 4.79 Å². The first-order valence-electron chi connectivity index (χ1n) is 14.1. The molecule has 1 aromatic rings. The molecule has 7 N–H and O–H groups in total. The van der Waals surface area contributed by atoms with Crippen LogP contribution in [0, 0.1) is 0 Å². The highest BCUT2D eigenvalue weighted by molar-refractivity contribution is 5.94. The van der Waals surface area contributed by atoms with Gasteiger partial charge < -0.3 is 45.9 Å². The first kappa shape index (κ1) is 34.4. The normalized spacial score (nSPS) is 11.7. The van der Waals surface area contributed by atoms with Gasteiger partial charge in [0.15, 0.2) is 0 Å². The predicted octanol–water partition coefficient (Wildman–Crippen LogP) is 0.825. The van der Waals surface area contributed by atoms with Gasteiger partial charge in [-0.1, -0.05) is 43.9 Å². The number of aliphatic hydroxyl groups excluding tert-OH is 4. The molecule has 10 heteroatoms. The van der Waals surface area contributed by atoms with Gasteiger partial charge in [0.1, 0.15) is 12.2 Å². The summed E-state index contributed by atoms with van der Waals surface area (Å²) < 4.78 is 11.0. The van der Waals surface area contributed by atoms with Crippen molar-refractivity contribution in [1.29, 1.82) is 0 Å². The average molecular weight is 542 g/mol. The van der Waals surface area contributed by atoms with E-state index in [0.29, 0.717) is 5.56 Å². The van der Waals surface area contributed by atoms with E-state index in [1.54, 1.807) is 0 Å². The predicted molar refractivity (Wildman–Crippen MR) is 148 cm³/mol. The minimum absolute atomic E-state index is 0.00113. The van der Waals surface area contributed by atoms with E-state index in [9.17, 15) is 4.79 Å². The fraction of sp³-hybridized carbons (Fsp3) is 0.750. The molecule has 0 unspecified atom stereocenters. The highest BCUT2D eigenvalue weighted by Gasteiger charge is 2.15. The van der Waals surface area contributed by atoms with Gasteiger partial charge >= 0.3 is 0 Å². The van der Waals surface area contributed by atoms with Crippen molar-refractivity contribution in [2.24, 2.45) is 0 Å². The Balaban J connectivity index is 1.98. The van der Waals surface area contributed by atoms with Crippen molar-refractivity contribution in [3.05, 3.63) is 35.9 Å². The summed E-state index contributed by atoms with van der Waals surface area (Å²) in [7, 11) is 0. The van der Waals surface area contributed by atoms with Crippen molar-refractivity contribution >= 4 is 5.91 Å². The van der Waals surface area contributed by atoms with Gasteiger partial charge in [0.25, 0.3) is 5.91 Å². The molecule has 0 radical (unpaired) electrons. The molecule has 0 spiro atoms. The zero-order valence-electron chi connectivity index (χ0n) is 22.9. The first-order chi connectivity index (χ1) is 18.6. The van der Waals surface area contributed by atoms with Gasteiger partial charge in [0.05, 0.1) is 45.7 Å². The molecule has 220 valence electrons. The number of hydrogen-bond acceptors (Lipinski definition) is 9. The standard InChI is InChI=1S/C28H51N3O7/c32-18-26(19-33)37-22-25(23-38-27(20-34)21-35)30-16-11-10-15-29-14-8-3-1-2-4-9-17-31-28(36)24-12-6-5-7-13-24/h5-7,12-13,25-27,29-30,32-35H,1-4,8-11,14-23H2,(H,31,36). The average Bonchev–Trinajstić information content (AvgIpc) is 2.95. The SMILES string of the molecule is O=C(NCCCCCCCCNCCCCNC(COC(CO)CO)COC(CO)CO)c1ccccc1. The van der Waals surface area contributed by atoms with E-state index in [-0.39, 0.29) is 51.6 Å². The van der Waals surface area contributed by atoms with Crippen LogP contribution < -0.4 is 16.0 Å². The maximum Gasteiger partial charge on any atom is 0.251 e. The van der Waals surface area contributed by atoms with Crippen molar-refractivity contribution in [2.75, 3.05) is 65.8 Å². The van der Waals surface area contributed by atoms with E-state index in [0.717, 1.165) is 58.3 Å². The summed E-state index contributed by atoms with van der Waals surface area (Å²) >= 11 is 0. The van der Waals surface area contributed by atoms with Gasteiger partial charge in [0, 0.05) is 12.1 Å². The molecule has 0 aliphatic carbocycles. The van der Waals surface area contributed by atoms with Crippen molar-refractivity contribution in [3.8, 4) is 0 Å². The number of amides is 1. The smallest absolute Gasteiger partial charge is 0.251 e. The quantitative estimate of drug-likeness (QED) is 0.0845. The van der Waals surface area contributed by atoms with E-state index < -0.39 is 12.2 Å². The lowest BCUT2D eigenvalue weighted by atomic mass is 10.1. The van der Waals surface area contributed by atoms with Gasteiger partial charge in [-0.05, 0) is 57.5 Å². The number of rotatable bonds is 26. The second kappa shape index (κ2) is 24.4. The van der Waals surface area contributed by atoms with Gasteiger partial charge in [-0.15, -0.1) is 0 Å². The fourth-order valence-electron chi connectivity index (χ4n) is 3.78. The summed E-state index contributed by atoms with van der Waals surface area (Å²) in [5, 5.41) is 46.5. The molecule has 0 saturated heterocycles. The lowest BCUT2D eigenvalue weighted by Crippen LogP contribution is -2.42. The molecular weight excluding hydrogens is 490 g/mol. The molecule has 0 aromatic heterocycles. The summed E-state index contributed by atoms with van der Waals surface area (Å²) in [5.74, 6) is -0.00113. The van der Waals surface area contributed by atoms with E-state index in [1.165, 1.54) is 19.3 Å². The minimum Gasteiger partial charge on any atom is -0.394 e. The Kier molecular flexibility index (Phi) is 22.1. The Labute approximate surface area is 228 Å². The number of carbonyl (C=O) groups excluding carboxylic acids is 1. The van der Waals surface area contributed by atoms with E-state index in [4.69, 9.17) is 29.9 Å². The summed E-state index contributed by atoms with van der Waals surface area (Å²) in [4.78, 5) is 12.0. The van der Waals surface area contributed by atoms with Crippen LogP contribution in [0.2, 0.25) is 0 Å².